The summed E-state index contributed by atoms with van der Waals surface area (Å²) in [6.07, 6.45) is 1.80. The fraction of sp³-hybridized carbons (Fsp3) is 0.240. The summed E-state index contributed by atoms with van der Waals surface area (Å²) in [5.74, 6) is -0.161. The Morgan fingerprint density at radius 3 is 2.64 bits per heavy atom. The molecule has 0 saturated carbocycles. The van der Waals surface area contributed by atoms with E-state index in [0.717, 1.165) is 23.3 Å². The topological polar surface area (TPSA) is 156 Å². The van der Waals surface area contributed by atoms with Crippen molar-refractivity contribution in [3.05, 3.63) is 79.8 Å². The third kappa shape index (κ3) is 6.54. The van der Waals surface area contributed by atoms with Crippen molar-refractivity contribution in [2.24, 2.45) is 0 Å². The number of carboxylic acid groups (broad SMARTS) is 1. The van der Waals surface area contributed by atoms with Crippen LogP contribution in [0, 0.1) is 10.1 Å². The molecule has 2 N–H and O–H groups in total. The summed E-state index contributed by atoms with van der Waals surface area (Å²) in [5, 5.41) is 24.2. The van der Waals surface area contributed by atoms with E-state index < -0.39 is 26.7 Å². The molecular formula is C25H22BrN3O8S2. The van der Waals surface area contributed by atoms with Crippen molar-refractivity contribution in [3.63, 3.8) is 0 Å². The number of nitrogens with zero attached hydrogens (tertiary/aromatic N) is 2. The monoisotopic (exact) mass is 635 g/mol. The molecule has 1 aliphatic heterocycles. The Kier molecular flexibility index (Phi) is 8.83. The van der Waals surface area contributed by atoms with Crippen LogP contribution in [0.25, 0.3) is 10.4 Å². The molecule has 0 spiro atoms. The Morgan fingerprint density at radius 2 is 1.97 bits per heavy atom. The second-order valence-corrected chi connectivity index (χ2v) is 12.4. The fourth-order valence-corrected chi connectivity index (χ4v) is 7.72. The lowest BCUT2D eigenvalue weighted by molar-refractivity contribution is -0.385. The quantitative estimate of drug-likeness (QED) is 0.137. The first-order chi connectivity index (χ1) is 18.6. The van der Waals surface area contributed by atoms with Crippen LogP contribution in [0.2, 0.25) is 0 Å². The molecule has 0 amide bonds. The largest absolute Gasteiger partial charge is 0.477 e. The van der Waals surface area contributed by atoms with Crippen molar-refractivity contribution >= 4 is 60.6 Å². The van der Waals surface area contributed by atoms with Gasteiger partial charge in [0.1, 0.15) is 0 Å². The highest BCUT2D eigenvalue weighted by Gasteiger charge is 2.30. The summed E-state index contributed by atoms with van der Waals surface area (Å²) in [6.45, 7) is 0.535. The molecule has 204 valence electrons. The van der Waals surface area contributed by atoms with Crippen molar-refractivity contribution in [1.82, 2.24) is 4.31 Å². The van der Waals surface area contributed by atoms with Crippen LogP contribution in [0.15, 0.2) is 59.3 Å². The summed E-state index contributed by atoms with van der Waals surface area (Å²) in [5.41, 5.74) is 1.42. The molecule has 0 atom stereocenters. The highest BCUT2D eigenvalue weighted by molar-refractivity contribution is 9.10. The van der Waals surface area contributed by atoms with Crippen molar-refractivity contribution in [3.8, 4) is 16.2 Å². The number of nitrogens with one attached hydrogen (secondary N) is 1. The van der Waals surface area contributed by atoms with Gasteiger partial charge in [-0.25, -0.2) is 22.3 Å². The van der Waals surface area contributed by atoms with Crippen LogP contribution in [0.4, 0.5) is 11.4 Å². The molecule has 0 bridgehead atoms. The van der Waals surface area contributed by atoms with E-state index in [9.17, 15) is 33.2 Å². The normalized spacial score (nSPS) is 14.4. The zero-order valence-corrected chi connectivity index (χ0v) is 23.4. The van der Waals surface area contributed by atoms with Crippen LogP contribution in [-0.2, 0) is 20.6 Å². The Morgan fingerprint density at radius 1 is 1.26 bits per heavy atom. The van der Waals surface area contributed by atoms with Gasteiger partial charge >= 0.3 is 5.97 Å². The first-order valence-electron chi connectivity index (χ1n) is 11.6. The van der Waals surface area contributed by atoms with Gasteiger partial charge in [-0.15, -0.1) is 11.3 Å². The lowest BCUT2D eigenvalue weighted by Crippen LogP contribution is -2.42. The van der Waals surface area contributed by atoms with Gasteiger partial charge in [-0.1, -0.05) is 30.3 Å². The summed E-state index contributed by atoms with van der Waals surface area (Å²) < 4.78 is 32.9. The van der Waals surface area contributed by atoms with Crippen molar-refractivity contribution in [1.29, 1.82) is 0 Å². The summed E-state index contributed by atoms with van der Waals surface area (Å²) in [7, 11) is -3.74. The molecule has 39 heavy (non-hydrogen) atoms. The van der Waals surface area contributed by atoms with E-state index in [1.807, 2.05) is 24.3 Å². The van der Waals surface area contributed by atoms with E-state index >= 15 is 0 Å². The number of carbonyl (C=O) groups is 1. The minimum atomic E-state index is -3.74. The molecule has 1 fully saturated rings. The van der Waals surface area contributed by atoms with Crippen LogP contribution in [0.3, 0.4) is 0 Å². The number of hydrogen-bond acceptors (Lipinski definition) is 9. The van der Waals surface area contributed by atoms with E-state index in [1.54, 1.807) is 6.07 Å². The van der Waals surface area contributed by atoms with Crippen LogP contribution < -0.4 is 10.1 Å². The van der Waals surface area contributed by atoms with E-state index in [4.69, 9.17) is 4.74 Å². The number of aromatic carboxylic acids is 1. The summed E-state index contributed by atoms with van der Waals surface area (Å²) >= 11 is 4.37. The van der Waals surface area contributed by atoms with Crippen LogP contribution in [0.5, 0.6) is 5.75 Å². The zero-order chi connectivity index (χ0) is 28.2. The standard InChI is InChI=1S/C25H22BrN3O8S2/c26-21-22(37-13-12-30)24(25(31)32)38-23(21)16-5-3-6-19(14-16)27-18-8-10-28(11-9-18)39(35,36)15-17-4-1-2-7-20(17)29(33)34/h1-7,13-14,18,27H,8-11,15H2,(H,31,32). The third-order valence-electron chi connectivity index (χ3n) is 6.10. The zero-order valence-electron chi connectivity index (χ0n) is 20.2. The first kappa shape index (κ1) is 28.5. The number of piperidine rings is 1. The number of benzene rings is 2. The molecule has 2 heterocycles. The number of carboxylic acids is 1. The number of halogens is 1. The highest BCUT2D eigenvalue weighted by Crippen LogP contribution is 2.46. The molecule has 3 aromatic rings. The Bertz CT molecular complexity index is 1560. The minimum absolute atomic E-state index is 0.0126. The number of nitro benzene ring substituents is 1. The molecule has 2 aromatic carbocycles. The molecule has 1 saturated heterocycles. The van der Waals surface area contributed by atoms with Gasteiger partial charge in [0.25, 0.3) is 5.69 Å². The van der Waals surface area contributed by atoms with Crippen LogP contribution in [-0.4, -0.2) is 53.8 Å². The SMILES string of the molecule is O=C=COc1c(C(=O)O)sc(-c2cccc(NC3CCN(S(=O)(=O)Cc4ccccc4[N+](=O)[O-])CC3)c2)c1Br. The molecule has 0 aliphatic carbocycles. The van der Waals surface area contributed by atoms with Gasteiger partial charge in [0.15, 0.2) is 22.8 Å². The number of para-hydroxylation sites is 1. The Balaban J connectivity index is 1.44. The van der Waals surface area contributed by atoms with Gasteiger partial charge in [0.05, 0.1) is 20.0 Å². The number of hydrogen-bond donors (Lipinski definition) is 2. The number of thiophene rings is 1. The predicted octanol–water partition coefficient (Wildman–Crippen LogP) is 4.91. The molecule has 11 nitrogen and oxygen atoms in total. The maximum atomic E-state index is 13.0. The van der Waals surface area contributed by atoms with Gasteiger partial charge in [-0.3, -0.25) is 10.1 Å². The van der Waals surface area contributed by atoms with Gasteiger partial charge in [-0.05, 0) is 46.5 Å². The van der Waals surface area contributed by atoms with Crippen molar-refractivity contribution in [2.75, 3.05) is 18.4 Å². The second kappa shape index (κ2) is 12.1. The van der Waals surface area contributed by atoms with E-state index in [0.29, 0.717) is 27.8 Å². The average Bonchev–Trinajstić information content (AvgIpc) is 3.24. The molecule has 0 unspecified atom stereocenters. The van der Waals surface area contributed by atoms with Gasteiger partial charge in [0.2, 0.25) is 10.0 Å². The highest BCUT2D eigenvalue weighted by atomic mass is 79.9. The molecule has 0 radical (unpaired) electrons. The second-order valence-electron chi connectivity index (χ2n) is 8.60. The number of ether oxygens (including phenoxy) is 1. The van der Waals surface area contributed by atoms with E-state index in [2.05, 4.69) is 21.2 Å². The summed E-state index contributed by atoms with van der Waals surface area (Å²) in [4.78, 5) is 33.4. The van der Waals surface area contributed by atoms with E-state index in [1.165, 1.54) is 28.4 Å². The molecule has 14 heteroatoms. The number of nitro groups is 1. The Hall–Kier alpha value is -3.55. The number of anilines is 1. The third-order valence-corrected chi connectivity index (χ3v) is 10.2. The maximum absolute atomic E-state index is 13.0. The van der Waals surface area contributed by atoms with Crippen LogP contribution >= 0.6 is 27.3 Å². The van der Waals surface area contributed by atoms with Crippen molar-refractivity contribution < 1.29 is 32.8 Å². The lowest BCUT2D eigenvalue weighted by Gasteiger charge is -2.32. The molecular weight excluding hydrogens is 614 g/mol. The van der Waals surface area contributed by atoms with Gasteiger partial charge in [0, 0.05) is 36.4 Å². The Labute approximate surface area is 236 Å². The van der Waals surface area contributed by atoms with Gasteiger partial charge < -0.3 is 15.2 Å². The van der Waals surface area contributed by atoms with Crippen molar-refractivity contribution in [2.45, 2.75) is 24.6 Å². The first-order valence-corrected chi connectivity index (χ1v) is 14.8. The van der Waals surface area contributed by atoms with Gasteiger partial charge in [-0.2, -0.15) is 0 Å². The number of carbonyl (C=O) groups excluding carboxylic acids is 1. The summed E-state index contributed by atoms with van der Waals surface area (Å²) in [6, 6.07) is 13.1. The average molecular weight is 637 g/mol. The molecule has 1 aromatic heterocycles. The molecule has 4 rings (SSSR count). The van der Waals surface area contributed by atoms with Crippen LogP contribution in [0.1, 0.15) is 28.1 Å². The predicted molar refractivity (Wildman–Crippen MR) is 149 cm³/mol. The number of rotatable bonds is 10. The lowest BCUT2D eigenvalue weighted by atomic mass is 10.1. The number of sulfonamides is 1. The fourth-order valence-electron chi connectivity index (χ4n) is 4.27. The maximum Gasteiger partial charge on any atom is 0.349 e. The van der Waals surface area contributed by atoms with E-state index in [-0.39, 0.29) is 41.0 Å². The molecule has 1 aliphatic rings. The smallest absolute Gasteiger partial charge is 0.349 e. The minimum Gasteiger partial charge on any atom is -0.477 e.